The van der Waals surface area contributed by atoms with Gasteiger partial charge in [-0.1, -0.05) is 6.07 Å². The van der Waals surface area contributed by atoms with E-state index < -0.39 is 27.2 Å². The molecule has 0 fully saturated rings. The normalized spacial score (nSPS) is 12.1. The summed E-state index contributed by atoms with van der Waals surface area (Å²) in [5.74, 6) is -0.846. The second kappa shape index (κ2) is 6.01. The molecule has 0 aromatic heterocycles. The highest BCUT2D eigenvalue weighted by atomic mass is 32.2. The van der Waals surface area contributed by atoms with Crippen molar-refractivity contribution in [2.45, 2.75) is 17.6 Å². The molecule has 110 valence electrons. The molecule has 2 aromatic rings. The van der Waals surface area contributed by atoms with Crippen LogP contribution in [0, 0.1) is 22.9 Å². The third-order valence-corrected chi connectivity index (χ3v) is 4.39. The van der Waals surface area contributed by atoms with Gasteiger partial charge in [-0.05, 0) is 42.3 Å². The van der Waals surface area contributed by atoms with E-state index >= 15 is 0 Å². The predicted molar refractivity (Wildman–Crippen MR) is 78.8 cm³/mol. The van der Waals surface area contributed by atoms with E-state index in [0.29, 0.717) is 16.1 Å². The molecule has 0 radical (unpaired) electrons. The fourth-order valence-electron chi connectivity index (χ4n) is 1.81. The molecule has 1 unspecified atom stereocenters. The lowest BCUT2D eigenvalue weighted by molar-refractivity contribution is -0.387. The van der Waals surface area contributed by atoms with Crippen molar-refractivity contribution in [1.29, 1.82) is 0 Å². The third kappa shape index (κ3) is 3.43. The number of hydrogen-bond donors (Lipinski definition) is 1. The highest BCUT2D eigenvalue weighted by Crippen LogP contribution is 2.21. The van der Waals surface area contributed by atoms with Crippen molar-refractivity contribution >= 4 is 22.2 Å². The molecule has 7 heteroatoms. The number of nitro benzene ring substituents is 1. The van der Waals surface area contributed by atoms with Gasteiger partial charge in [0.1, 0.15) is 0 Å². The van der Waals surface area contributed by atoms with Crippen LogP contribution in [-0.2, 0) is 16.6 Å². The maximum atomic E-state index is 13.5. The molecule has 2 aromatic carbocycles. The zero-order valence-electron chi connectivity index (χ0n) is 11.2. The number of hydrogen-bond acceptors (Lipinski definition) is 4. The van der Waals surface area contributed by atoms with Crippen LogP contribution >= 0.6 is 0 Å². The summed E-state index contributed by atoms with van der Waals surface area (Å²) >= 11 is 0. The molecule has 0 aliphatic heterocycles. The number of nitro groups is 1. The summed E-state index contributed by atoms with van der Waals surface area (Å²) in [4.78, 5) is 10.3. The second-order valence-corrected chi connectivity index (χ2v) is 6.00. The van der Waals surface area contributed by atoms with E-state index in [0.717, 1.165) is 17.7 Å². The first-order chi connectivity index (χ1) is 9.88. The van der Waals surface area contributed by atoms with Gasteiger partial charge in [-0.25, -0.2) is 0 Å². The molecule has 2 rings (SSSR count). The lowest BCUT2D eigenvalue weighted by Crippen LogP contribution is -2.00. The molecule has 0 saturated heterocycles. The summed E-state index contributed by atoms with van der Waals surface area (Å²) in [6.45, 7) is 1.81. The van der Waals surface area contributed by atoms with Crippen LogP contribution in [0.3, 0.4) is 0 Å². The standard InChI is InChI=1S/C14H13FN2O3S/c1-9-6-11(3-4-13(9)16)21(20)8-10-2-5-14(17(18)19)12(15)7-10/h2-7H,8,16H2,1H3. The van der Waals surface area contributed by atoms with Crippen molar-refractivity contribution < 1.29 is 13.5 Å². The topological polar surface area (TPSA) is 86.2 Å². The van der Waals surface area contributed by atoms with Gasteiger partial charge in [0.25, 0.3) is 0 Å². The highest BCUT2D eigenvalue weighted by molar-refractivity contribution is 7.84. The molecular formula is C14H13FN2O3S. The van der Waals surface area contributed by atoms with E-state index in [2.05, 4.69) is 0 Å². The van der Waals surface area contributed by atoms with Crippen LogP contribution in [0.1, 0.15) is 11.1 Å². The van der Waals surface area contributed by atoms with Crippen LogP contribution in [0.15, 0.2) is 41.3 Å². The smallest absolute Gasteiger partial charge is 0.304 e. The van der Waals surface area contributed by atoms with Gasteiger partial charge < -0.3 is 5.73 Å². The summed E-state index contributed by atoms with van der Waals surface area (Å²) in [5.41, 5.74) is 6.96. The van der Waals surface area contributed by atoms with Gasteiger partial charge in [0, 0.05) is 16.6 Å². The maximum absolute atomic E-state index is 13.5. The molecule has 1 atom stereocenters. The number of nitrogens with two attached hydrogens (primary N) is 1. The first-order valence-corrected chi connectivity index (χ1v) is 7.37. The average molecular weight is 308 g/mol. The Morgan fingerprint density at radius 3 is 2.57 bits per heavy atom. The number of nitrogens with zero attached hydrogens (tertiary/aromatic N) is 1. The molecule has 0 aliphatic rings. The Morgan fingerprint density at radius 1 is 1.29 bits per heavy atom. The van der Waals surface area contributed by atoms with E-state index in [1.807, 2.05) is 6.92 Å². The number of halogens is 1. The van der Waals surface area contributed by atoms with Gasteiger partial charge in [0.2, 0.25) is 5.82 Å². The summed E-state index contributed by atoms with van der Waals surface area (Å²) in [6, 6.07) is 8.56. The van der Waals surface area contributed by atoms with Gasteiger partial charge in [-0.3, -0.25) is 14.3 Å². The SMILES string of the molecule is Cc1cc(S(=O)Cc2ccc([N+](=O)[O-])c(F)c2)ccc1N. The molecule has 5 nitrogen and oxygen atoms in total. The van der Waals surface area contributed by atoms with Gasteiger partial charge in [-0.15, -0.1) is 0 Å². The zero-order valence-corrected chi connectivity index (χ0v) is 12.0. The minimum absolute atomic E-state index is 0.0816. The van der Waals surface area contributed by atoms with E-state index in [-0.39, 0.29) is 5.75 Å². The van der Waals surface area contributed by atoms with Gasteiger partial charge in [0.05, 0.1) is 21.5 Å². The third-order valence-electron chi connectivity index (χ3n) is 3.01. The second-order valence-electron chi connectivity index (χ2n) is 4.55. The molecule has 0 aliphatic carbocycles. The number of rotatable bonds is 4. The number of nitrogen functional groups attached to an aromatic ring is 1. The molecule has 0 spiro atoms. The quantitative estimate of drug-likeness (QED) is 0.534. The predicted octanol–water partition coefficient (Wildman–Crippen LogP) is 2.93. The maximum Gasteiger partial charge on any atom is 0.304 e. The Kier molecular flexibility index (Phi) is 4.32. The lowest BCUT2D eigenvalue weighted by atomic mass is 10.2. The van der Waals surface area contributed by atoms with Crippen molar-refractivity contribution in [3.05, 3.63) is 63.5 Å². The summed E-state index contributed by atoms with van der Waals surface area (Å²) in [5, 5.41) is 10.5. The van der Waals surface area contributed by atoms with Crippen molar-refractivity contribution in [3.8, 4) is 0 Å². The molecule has 0 bridgehead atoms. The highest BCUT2D eigenvalue weighted by Gasteiger charge is 2.15. The molecule has 2 N–H and O–H groups in total. The van der Waals surface area contributed by atoms with E-state index in [1.165, 1.54) is 6.07 Å². The Morgan fingerprint density at radius 2 is 2.00 bits per heavy atom. The monoisotopic (exact) mass is 308 g/mol. The largest absolute Gasteiger partial charge is 0.399 e. The van der Waals surface area contributed by atoms with Gasteiger partial charge >= 0.3 is 5.69 Å². The van der Waals surface area contributed by atoms with Crippen molar-refractivity contribution in [3.63, 3.8) is 0 Å². The van der Waals surface area contributed by atoms with E-state index in [1.54, 1.807) is 18.2 Å². The summed E-state index contributed by atoms with van der Waals surface area (Å²) < 4.78 is 25.7. The Labute approximate surface area is 123 Å². The average Bonchev–Trinajstić information content (AvgIpc) is 2.41. The van der Waals surface area contributed by atoms with Crippen molar-refractivity contribution in [1.82, 2.24) is 0 Å². The first-order valence-electron chi connectivity index (χ1n) is 6.06. The van der Waals surface area contributed by atoms with Crippen molar-refractivity contribution in [2.24, 2.45) is 0 Å². The number of anilines is 1. The van der Waals surface area contributed by atoms with Crippen LogP contribution in [-0.4, -0.2) is 9.13 Å². The molecule has 0 saturated carbocycles. The minimum Gasteiger partial charge on any atom is -0.399 e. The Bertz CT molecular complexity index is 734. The molecule has 0 amide bonds. The van der Waals surface area contributed by atoms with Gasteiger partial charge in [0.15, 0.2) is 0 Å². The lowest BCUT2D eigenvalue weighted by Gasteiger charge is -2.06. The van der Waals surface area contributed by atoms with Crippen molar-refractivity contribution in [2.75, 3.05) is 5.73 Å². The Balaban J connectivity index is 2.21. The molecule has 0 heterocycles. The molecule has 21 heavy (non-hydrogen) atoms. The number of aryl methyl sites for hydroxylation is 1. The molecular weight excluding hydrogens is 295 g/mol. The first kappa shape index (κ1) is 15.1. The van der Waals surface area contributed by atoms with E-state index in [4.69, 9.17) is 5.73 Å². The fraction of sp³-hybridized carbons (Fsp3) is 0.143. The fourth-order valence-corrected chi connectivity index (χ4v) is 2.99. The van der Waals surface area contributed by atoms with Crippen LogP contribution in [0.5, 0.6) is 0 Å². The zero-order chi connectivity index (χ0) is 15.6. The number of benzene rings is 2. The van der Waals surface area contributed by atoms with Crippen LogP contribution in [0.2, 0.25) is 0 Å². The minimum atomic E-state index is -1.37. The summed E-state index contributed by atoms with van der Waals surface area (Å²) in [6.07, 6.45) is 0. The van der Waals surface area contributed by atoms with Crippen LogP contribution in [0.4, 0.5) is 15.8 Å². The Hall–Kier alpha value is -2.28. The summed E-state index contributed by atoms with van der Waals surface area (Å²) in [7, 11) is -1.37. The van der Waals surface area contributed by atoms with E-state index in [9.17, 15) is 18.7 Å². The van der Waals surface area contributed by atoms with Crippen LogP contribution < -0.4 is 5.73 Å². The van der Waals surface area contributed by atoms with Gasteiger partial charge in [-0.2, -0.15) is 4.39 Å². The van der Waals surface area contributed by atoms with Crippen LogP contribution in [0.25, 0.3) is 0 Å².